The van der Waals surface area contributed by atoms with E-state index in [-0.39, 0.29) is 17.1 Å². The summed E-state index contributed by atoms with van der Waals surface area (Å²) in [5, 5.41) is 4.15. The van der Waals surface area contributed by atoms with E-state index in [0.29, 0.717) is 11.3 Å². The lowest BCUT2D eigenvalue weighted by molar-refractivity contribution is -0.127. The number of hydrogen-bond donors (Lipinski definition) is 1. The Morgan fingerprint density at radius 3 is 2.50 bits per heavy atom. The van der Waals surface area contributed by atoms with Crippen molar-refractivity contribution < 1.29 is 14.4 Å². The van der Waals surface area contributed by atoms with Crippen LogP contribution in [0.1, 0.15) is 5.56 Å². The molecule has 4 aromatic rings. The highest BCUT2D eigenvalue weighted by Gasteiger charge is 2.36. The average molecular weight is 473 g/mol. The van der Waals surface area contributed by atoms with E-state index < -0.39 is 17.1 Å². The van der Waals surface area contributed by atoms with Crippen LogP contribution in [0, 0.1) is 0 Å². The highest BCUT2D eigenvalue weighted by Crippen LogP contribution is 2.32. The fourth-order valence-electron chi connectivity index (χ4n) is 4.07. The zero-order valence-electron chi connectivity index (χ0n) is 18.4. The number of aryl methyl sites for hydroxylation is 2. The zero-order valence-corrected chi connectivity index (χ0v) is 19.3. The van der Waals surface area contributed by atoms with Crippen molar-refractivity contribution in [2.75, 3.05) is 11.9 Å². The van der Waals surface area contributed by atoms with Crippen LogP contribution in [0.25, 0.3) is 27.9 Å². The first kappa shape index (κ1) is 21.7. The molecule has 0 atom stereocenters. The molecule has 0 spiro atoms. The predicted octanol–water partition coefficient (Wildman–Crippen LogP) is 3.71. The number of carbonyl (C=O) groups excluding carboxylic acids is 3. The highest BCUT2D eigenvalue weighted by molar-refractivity contribution is 8.18. The maximum atomic E-state index is 12.9. The molecule has 0 radical (unpaired) electrons. The highest BCUT2D eigenvalue weighted by atomic mass is 32.2. The Hall–Kier alpha value is -4.11. The van der Waals surface area contributed by atoms with Crippen molar-refractivity contribution in [3.8, 4) is 0 Å². The first-order valence-electron chi connectivity index (χ1n) is 10.5. The molecule has 8 nitrogen and oxygen atoms in total. The van der Waals surface area contributed by atoms with Gasteiger partial charge in [0, 0.05) is 25.2 Å². The van der Waals surface area contributed by atoms with Crippen molar-refractivity contribution in [1.29, 1.82) is 0 Å². The lowest BCUT2D eigenvalue weighted by atomic mass is 10.1. The van der Waals surface area contributed by atoms with Gasteiger partial charge in [0.15, 0.2) is 0 Å². The van der Waals surface area contributed by atoms with E-state index in [1.807, 2.05) is 36.4 Å². The molecular weight excluding hydrogens is 452 g/mol. The Kier molecular flexibility index (Phi) is 5.33. The van der Waals surface area contributed by atoms with Gasteiger partial charge in [-0.3, -0.25) is 28.4 Å². The number of anilines is 1. The van der Waals surface area contributed by atoms with Crippen LogP contribution in [-0.4, -0.2) is 37.6 Å². The molecule has 170 valence electrons. The number of imidazole rings is 1. The summed E-state index contributed by atoms with van der Waals surface area (Å²) in [6, 6.07) is 18.5. The van der Waals surface area contributed by atoms with Crippen LogP contribution in [0.4, 0.5) is 10.5 Å². The topological polar surface area (TPSA) is 93.4 Å². The summed E-state index contributed by atoms with van der Waals surface area (Å²) in [7, 11) is 3.37. The van der Waals surface area contributed by atoms with Gasteiger partial charge in [0.1, 0.15) is 6.54 Å². The van der Waals surface area contributed by atoms with Crippen molar-refractivity contribution in [3.05, 3.63) is 81.6 Å². The molecule has 0 bridgehead atoms. The number of amides is 3. The number of hydrogen-bond acceptors (Lipinski definition) is 5. The van der Waals surface area contributed by atoms with Crippen molar-refractivity contribution in [1.82, 2.24) is 14.0 Å². The fraction of sp³-hybridized carbons (Fsp3) is 0.120. The molecule has 34 heavy (non-hydrogen) atoms. The van der Waals surface area contributed by atoms with Gasteiger partial charge < -0.3 is 5.32 Å². The van der Waals surface area contributed by atoms with Crippen molar-refractivity contribution in [2.24, 2.45) is 14.1 Å². The maximum absolute atomic E-state index is 12.9. The molecule has 1 aliphatic heterocycles. The average Bonchev–Trinajstić information content (AvgIpc) is 3.21. The van der Waals surface area contributed by atoms with Crippen LogP contribution >= 0.6 is 11.8 Å². The van der Waals surface area contributed by atoms with Gasteiger partial charge in [0.2, 0.25) is 5.91 Å². The second-order valence-electron chi connectivity index (χ2n) is 7.99. The largest absolute Gasteiger partial charge is 0.328 e. The summed E-state index contributed by atoms with van der Waals surface area (Å²) in [5.74, 6) is -0.981. The molecule has 1 saturated heterocycles. The molecular formula is C25H20N4O4S. The number of aromatic nitrogens is 2. The predicted molar refractivity (Wildman–Crippen MR) is 133 cm³/mol. The van der Waals surface area contributed by atoms with E-state index in [1.165, 1.54) is 4.57 Å². The Morgan fingerprint density at radius 1 is 0.941 bits per heavy atom. The Bertz CT molecular complexity index is 1590. The monoisotopic (exact) mass is 472 g/mol. The van der Waals surface area contributed by atoms with Gasteiger partial charge in [-0.05, 0) is 47.0 Å². The van der Waals surface area contributed by atoms with Crippen molar-refractivity contribution in [2.45, 2.75) is 0 Å². The van der Waals surface area contributed by atoms with Gasteiger partial charge >= 0.3 is 5.69 Å². The number of nitrogens with one attached hydrogen (secondary N) is 1. The molecule has 1 N–H and O–H groups in total. The quantitative estimate of drug-likeness (QED) is 0.457. The molecule has 9 heteroatoms. The van der Waals surface area contributed by atoms with E-state index in [4.69, 9.17) is 0 Å². The van der Waals surface area contributed by atoms with Crippen LogP contribution < -0.4 is 11.0 Å². The minimum atomic E-state index is -0.523. The summed E-state index contributed by atoms with van der Waals surface area (Å²) in [5.41, 5.74) is 2.63. The Balaban J connectivity index is 1.35. The third kappa shape index (κ3) is 3.69. The van der Waals surface area contributed by atoms with Gasteiger partial charge in [-0.15, -0.1) is 0 Å². The molecule has 0 saturated carbocycles. The molecule has 1 aliphatic rings. The number of benzene rings is 3. The normalized spacial score (nSPS) is 15.1. The van der Waals surface area contributed by atoms with Gasteiger partial charge in [0.05, 0.1) is 15.9 Å². The van der Waals surface area contributed by atoms with E-state index in [2.05, 4.69) is 5.32 Å². The van der Waals surface area contributed by atoms with E-state index >= 15 is 0 Å². The van der Waals surface area contributed by atoms with E-state index in [0.717, 1.165) is 38.5 Å². The number of fused-ring (bicyclic) bond motifs is 2. The van der Waals surface area contributed by atoms with Crippen LogP contribution in [0.3, 0.4) is 0 Å². The summed E-state index contributed by atoms with van der Waals surface area (Å²) in [4.78, 5) is 51.4. The lowest BCUT2D eigenvalue weighted by Crippen LogP contribution is -2.36. The number of rotatable bonds is 4. The molecule has 2 heterocycles. The zero-order chi connectivity index (χ0) is 24.0. The maximum Gasteiger partial charge on any atom is 0.328 e. The van der Waals surface area contributed by atoms with Gasteiger partial charge in [0.25, 0.3) is 11.1 Å². The number of nitrogens with zero attached hydrogens (tertiary/aromatic N) is 3. The second-order valence-corrected chi connectivity index (χ2v) is 8.98. The minimum absolute atomic E-state index is 0.148. The molecule has 1 fully saturated rings. The van der Waals surface area contributed by atoms with E-state index in [9.17, 15) is 19.2 Å². The molecule has 5 rings (SSSR count). The van der Waals surface area contributed by atoms with Crippen LogP contribution in [-0.2, 0) is 23.7 Å². The summed E-state index contributed by atoms with van der Waals surface area (Å²) in [6.45, 7) is -0.378. The second kappa shape index (κ2) is 8.35. The van der Waals surface area contributed by atoms with Crippen LogP contribution in [0.2, 0.25) is 0 Å². The van der Waals surface area contributed by atoms with Crippen LogP contribution in [0.15, 0.2) is 70.4 Å². The molecule has 3 amide bonds. The minimum Gasteiger partial charge on any atom is -0.324 e. The number of imide groups is 1. The van der Waals surface area contributed by atoms with Gasteiger partial charge in [-0.25, -0.2) is 4.79 Å². The summed E-state index contributed by atoms with van der Waals surface area (Å²) < 4.78 is 3.07. The Labute approximate surface area is 198 Å². The molecule has 0 unspecified atom stereocenters. The smallest absolute Gasteiger partial charge is 0.324 e. The summed E-state index contributed by atoms with van der Waals surface area (Å²) >= 11 is 0.790. The van der Waals surface area contributed by atoms with Gasteiger partial charge in [-0.1, -0.05) is 42.5 Å². The van der Waals surface area contributed by atoms with Gasteiger partial charge in [-0.2, -0.15) is 0 Å². The first-order valence-corrected chi connectivity index (χ1v) is 11.3. The Morgan fingerprint density at radius 2 is 1.68 bits per heavy atom. The van der Waals surface area contributed by atoms with Crippen LogP contribution in [0.5, 0.6) is 0 Å². The third-order valence-corrected chi connectivity index (χ3v) is 6.74. The third-order valence-electron chi connectivity index (χ3n) is 5.83. The van der Waals surface area contributed by atoms with E-state index in [1.54, 1.807) is 49.0 Å². The number of carbonyl (C=O) groups is 3. The fourth-order valence-corrected chi connectivity index (χ4v) is 4.91. The lowest BCUT2D eigenvalue weighted by Gasteiger charge is -2.13. The molecule has 3 aromatic carbocycles. The molecule has 0 aliphatic carbocycles. The summed E-state index contributed by atoms with van der Waals surface area (Å²) in [6.07, 6.45) is 1.60. The standard InChI is InChI=1S/C25H20N4O4S/c1-27-19-11-10-15(12-20(19)28(2)24(27)32)13-21-23(31)29(25(33)34-21)14-22(30)26-18-9-5-7-16-6-3-4-8-17(16)18/h3-13H,14H2,1-2H3,(H,26,30)/b21-13+. The van der Waals surface area contributed by atoms with Crippen molar-refractivity contribution in [3.63, 3.8) is 0 Å². The first-order chi connectivity index (χ1) is 16.3. The van der Waals surface area contributed by atoms with Crippen molar-refractivity contribution >= 4 is 62.4 Å². The number of thioether (sulfide) groups is 1. The molecule has 1 aromatic heterocycles. The SMILES string of the molecule is Cn1c(=O)n(C)c2cc(/C=C3/SC(=O)N(CC(=O)Nc4cccc5ccccc45)C3=O)ccc21.